The summed E-state index contributed by atoms with van der Waals surface area (Å²) in [5.74, 6) is 0.898. The lowest BCUT2D eigenvalue weighted by Crippen LogP contribution is -2.44. The summed E-state index contributed by atoms with van der Waals surface area (Å²) in [4.78, 5) is 1.67. The van der Waals surface area contributed by atoms with Crippen LogP contribution in [-0.4, -0.2) is 76.2 Å². The second-order valence-electron chi connectivity index (χ2n) is 5.86. The fourth-order valence-corrected chi connectivity index (χ4v) is 2.73. The quantitative estimate of drug-likeness (QED) is 0.375. The average molecular weight is 312 g/mol. The lowest BCUT2D eigenvalue weighted by Gasteiger charge is -2.29. The molecule has 0 spiro atoms. The largest absolute Gasteiger partial charge is 0.394 e. The molecule has 124 valence electrons. The average Bonchev–Trinajstić information content (AvgIpc) is 2.98. The third-order valence-corrected chi connectivity index (χ3v) is 4.04. The first-order valence-corrected chi connectivity index (χ1v) is 7.07. The molecule has 8 nitrogen and oxygen atoms in total. The Morgan fingerprint density at radius 2 is 2.18 bits per heavy atom. The van der Waals surface area contributed by atoms with Crippen molar-refractivity contribution in [3.63, 3.8) is 0 Å². The molecule has 0 amide bonds. The molecule has 1 aliphatic rings. The first kappa shape index (κ1) is 16.8. The van der Waals surface area contributed by atoms with Crippen LogP contribution in [0.4, 0.5) is 5.82 Å². The van der Waals surface area contributed by atoms with Gasteiger partial charge in [-0.25, -0.2) is 0 Å². The summed E-state index contributed by atoms with van der Waals surface area (Å²) in [5.41, 5.74) is -0.913. The molecule has 2 rings (SSSR count). The van der Waals surface area contributed by atoms with E-state index in [4.69, 9.17) is 10.1 Å². The lowest BCUT2D eigenvalue weighted by molar-refractivity contribution is -0.0955. The number of ether oxygens (including phenoxy) is 1. The third kappa shape index (κ3) is 2.48. The molecule has 2 heterocycles. The van der Waals surface area contributed by atoms with Crippen molar-refractivity contribution in [2.45, 2.75) is 31.0 Å². The van der Waals surface area contributed by atoms with Gasteiger partial charge in [-0.3, -0.25) is 5.41 Å². The van der Waals surface area contributed by atoms with E-state index in [9.17, 15) is 15.3 Å². The van der Waals surface area contributed by atoms with Gasteiger partial charge in [0.2, 0.25) is 0 Å². The summed E-state index contributed by atoms with van der Waals surface area (Å²) in [7, 11) is 5.25. The monoisotopic (exact) mass is 312 g/mol. The topological polar surface area (TPSA) is 114 Å². The van der Waals surface area contributed by atoms with E-state index in [-0.39, 0.29) is 6.61 Å². The number of amidine groups is 1. The Morgan fingerprint density at radius 3 is 2.64 bits per heavy atom. The van der Waals surface area contributed by atoms with E-state index in [1.165, 1.54) is 6.92 Å². The Bertz CT molecular complexity index is 555. The normalized spacial score (nSPS) is 31.3. The number of aromatic nitrogens is 1. The molecule has 22 heavy (non-hydrogen) atoms. The summed E-state index contributed by atoms with van der Waals surface area (Å²) < 4.78 is 7.24. The maximum absolute atomic E-state index is 10.6. The molecule has 1 saturated heterocycles. The zero-order valence-corrected chi connectivity index (χ0v) is 13.2. The molecule has 1 aliphatic heterocycles. The molecule has 4 atom stereocenters. The van der Waals surface area contributed by atoms with E-state index in [1.54, 1.807) is 42.9 Å². The fourth-order valence-electron chi connectivity index (χ4n) is 2.73. The van der Waals surface area contributed by atoms with Crippen molar-refractivity contribution < 1.29 is 20.1 Å². The number of nitrogens with one attached hydrogen (secondary N) is 2. The molecular weight excluding hydrogens is 288 g/mol. The predicted molar refractivity (Wildman–Crippen MR) is 82.1 cm³/mol. The van der Waals surface area contributed by atoms with Crippen LogP contribution in [0.1, 0.15) is 18.7 Å². The van der Waals surface area contributed by atoms with Crippen molar-refractivity contribution in [2.75, 3.05) is 33.1 Å². The Hall–Kier alpha value is -1.61. The zero-order valence-electron chi connectivity index (χ0n) is 13.2. The number of anilines is 1. The van der Waals surface area contributed by atoms with Crippen molar-refractivity contribution in [3.05, 3.63) is 17.8 Å². The van der Waals surface area contributed by atoms with Crippen molar-refractivity contribution >= 4 is 11.7 Å². The van der Waals surface area contributed by atoms with Crippen molar-refractivity contribution in [3.8, 4) is 0 Å². The molecule has 1 aromatic heterocycles. The smallest absolute Gasteiger partial charge is 0.167 e. The predicted octanol–water partition coefficient (Wildman–Crippen LogP) is -0.582. The minimum absolute atomic E-state index is 0.306. The van der Waals surface area contributed by atoms with Gasteiger partial charge < -0.3 is 34.8 Å². The zero-order chi connectivity index (χ0) is 16.7. The number of rotatable bonds is 4. The van der Waals surface area contributed by atoms with Crippen LogP contribution in [0.25, 0.3) is 0 Å². The molecule has 0 saturated carbocycles. The number of nitrogens with zero attached hydrogens (tertiary/aromatic N) is 2. The molecule has 1 aromatic rings. The van der Waals surface area contributed by atoms with Gasteiger partial charge in [0.1, 0.15) is 29.5 Å². The SMILES string of the molecule is CNc1c(C(=N)N(C)C)ccn1[C@@H]1O[C@H](CO)[C@@H](O)[C@@]1(C)O. The van der Waals surface area contributed by atoms with Gasteiger partial charge in [0, 0.05) is 27.3 Å². The Morgan fingerprint density at radius 1 is 1.55 bits per heavy atom. The van der Waals surface area contributed by atoms with E-state index in [1.807, 2.05) is 0 Å². The van der Waals surface area contributed by atoms with E-state index < -0.39 is 24.0 Å². The molecule has 0 unspecified atom stereocenters. The van der Waals surface area contributed by atoms with Crippen LogP contribution in [0.2, 0.25) is 0 Å². The van der Waals surface area contributed by atoms with Crippen molar-refractivity contribution in [1.82, 2.24) is 9.47 Å². The second kappa shape index (κ2) is 5.88. The molecule has 0 radical (unpaired) electrons. The maximum Gasteiger partial charge on any atom is 0.167 e. The summed E-state index contributed by atoms with van der Waals surface area (Å²) >= 11 is 0. The van der Waals surface area contributed by atoms with E-state index in [0.717, 1.165) is 0 Å². The highest BCUT2D eigenvalue weighted by molar-refractivity contribution is 6.00. The standard InChI is InChI=1S/C14H24N4O4/c1-14(21)10(20)9(7-19)22-13(14)18-6-5-8(12(18)16-2)11(15)17(3)4/h5-6,9-10,13,15-16,19-21H,7H2,1-4H3/t9-,10-,13-,14-/m1/s1. The number of aliphatic hydroxyl groups excluding tert-OH is 2. The highest BCUT2D eigenvalue weighted by atomic mass is 16.6. The molecule has 0 aromatic carbocycles. The molecule has 0 aliphatic carbocycles. The van der Waals surface area contributed by atoms with Crippen LogP contribution in [0.5, 0.6) is 0 Å². The van der Waals surface area contributed by atoms with Gasteiger partial charge in [-0.05, 0) is 13.0 Å². The van der Waals surface area contributed by atoms with Crippen LogP contribution >= 0.6 is 0 Å². The van der Waals surface area contributed by atoms with Crippen LogP contribution in [0, 0.1) is 5.41 Å². The highest BCUT2D eigenvalue weighted by Gasteiger charge is 2.53. The first-order chi connectivity index (χ1) is 10.3. The Kier molecular flexibility index (Phi) is 4.48. The van der Waals surface area contributed by atoms with Gasteiger partial charge in [0.15, 0.2) is 6.23 Å². The van der Waals surface area contributed by atoms with E-state index in [0.29, 0.717) is 17.2 Å². The Balaban J connectivity index is 2.43. The third-order valence-electron chi connectivity index (χ3n) is 4.04. The van der Waals surface area contributed by atoms with Crippen molar-refractivity contribution in [2.24, 2.45) is 0 Å². The minimum Gasteiger partial charge on any atom is -0.394 e. The summed E-state index contributed by atoms with van der Waals surface area (Å²) in [6, 6.07) is 1.74. The van der Waals surface area contributed by atoms with Gasteiger partial charge in [-0.15, -0.1) is 0 Å². The van der Waals surface area contributed by atoms with Gasteiger partial charge in [0.05, 0.1) is 12.2 Å². The second-order valence-corrected chi connectivity index (χ2v) is 5.86. The van der Waals surface area contributed by atoms with Gasteiger partial charge >= 0.3 is 0 Å². The molecule has 1 fully saturated rings. The van der Waals surface area contributed by atoms with Crippen LogP contribution in [0.3, 0.4) is 0 Å². The number of hydrogen-bond donors (Lipinski definition) is 5. The summed E-state index contributed by atoms with van der Waals surface area (Å²) in [5, 5.41) is 41.0. The first-order valence-electron chi connectivity index (χ1n) is 7.07. The van der Waals surface area contributed by atoms with Crippen molar-refractivity contribution in [1.29, 1.82) is 5.41 Å². The molecule has 5 N–H and O–H groups in total. The highest BCUT2D eigenvalue weighted by Crippen LogP contribution is 2.40. The summed E-state index contributed by atoms with van der Waals surface area (Å²) in [6.45, 7) is 1.08. The summed E-state index contributed by atoms with van der Waals surface area (Å²) in [6.07, 6.45) is -1.24. The minimum atomic E-state index is -1.56. The van der Waals surface area contributed by atoms with Gasteiger partial charge in [-0.2, -0.15) is 0 Å². The van der Waals surface area contributed by atoms with Crippen LogP contribution < -0.4 is 5.32 Å². The Labute approximate surface area is 129 Å². The van der Waals surface area contributed by atoms with Gasteiger partial charge in [-0.1, -0.05) is 0 Å². The number of aliphatic hydroxyl groups is 3. The molecular formula is C14H24N4O4. The van der Waals surface area contributed by atoms with E-state index >= 15 is 0 Å². The van der Waals surface area contributed by atoms with Crippen LogP contribution in [-0.2, 0) is 4.74 Å². The molecule has 0 bridgehead atoms. The van der Waals surface area contributed by atoms with E-state index in [2.05, 4.69) is 5.32 Å². The lowest BCUT2D eigenvalue weighted by atomic mass is 9.96. The van der Waals surface area contributed by atoms with Gasteiger partial charge in [0.25, 0.3) is 0 Å². The fraction of sp³-hybridized carbons (Fsp3) is 0.643. The molecule has 8 heteroatoms. The number of hydrogen-bond acceptors (Lipinski definition) is 6. The maximum atomic E-state index is 10.6. The van der Waals surface area contributed by atoms with Crippen LogP contribution in [0.15, 0.2) is 12.3 Å².